The summed E-state index contributed by atoms with van der Waals surface area (Å²) in [6.07, 6.45) is 10.2. The van der Waals surface area contributed by atoms with Gasteiger partial charge < -0.3 is 26.2 Å². The normalized spacial score (nSPS) is 31.5. The minimum Gasteiger partial charge on any atom is -0.346 e. The predicted molar refractivity (Wildman–Crippen MR) is 194 cm³/mol. The number of ketones is 1. The number of hydrogen-bond donors (Lipinski definition) is 4. The van der Waals surface area contributed by atoms with E-state index in [4.69, 9.17) is 0 Å². The summed E-state index contributed by atoms with van der Waals surface area (Å²) in [6.45, 7) is 14.1. The van der Waals surface area contributed by atoms with Crippen LogP contribution in [0.1, 0.15) is 112 Å². The zero-order valence-electron chi connectivity index (χ0n) is 31.8. The number of nitrogens with one attached hydrogen (secondary N) is 4. The molecule has 5 aliphatic rings. The Hall–Kier alpha value is -3.77. The standard InChI is InChI=1S/C39H60N6O7/c1-7-19-40-33(48)31(46)26-15-13-11-9-8-10-12-14-16-27(36(51)44-21-25-29(39(25,5)6)30(44)32(47)41-26)42-37(52)43-28(38(2,3)4)22-45-34(49)23-17-18-24(20-23)35(45)50/h7,23-30H,1,8-22H2,2-6H3,(H,40,48)(H,41,47)(H2,42,43,52)/t23?,24?,25-,26+,27+,28-,29-,30+/m1/s1. The molecule has 7 amide bonds. The highest BCUT2D eigenvalue weighted by Gasteiger charge is 2.69. The molecular weight excluding hydrogens is 664 g/mol. The van der Waals surface area contributed by atoms with Crippen LogP contribution in [0.3, 0.4) is 0 Å². The van der Waals surface area contributed by atoms with Gasteiger partial charge in [-0.05, 0) is 54.8 Å². The maximum atomic E-state index is 14.4. The van der Waals surface area contributed by atoms with E-state index in [1.54, 1.807) is 4.90 Å². The third-order valence-electron chi connectivity index (χ3n) is 12.5. The molecule has 0 spiro atoms. The van der Waals surface area contributed by atoms with E-state index >= 15 is 0 Å². The van der Waals surface area contributed by atoms with Crippen molar-refractivity contribution in [3.05, 3.63) is 12.7 Å². The molecule has 4 N–H and O–H groups in total. The number of carbonyl (C=O) groups excluding carboxylic acids is 7. The van der Waals surface area contributed by atoms with Crippen LogP contribution in [-0.2, 0) is 28.8 Å². The van der Waals surface area contributed by atoms with Gasteiger partial charge in [-0.1, -0.05) is 85.6 Å². The molecule has 5 fully saturated rings. The summed E-state index contributed by atoms with van der Waals surface area (Å²) in [6, 6.07) is -3.94. The SMILES string of the molecule is C=CCNC(=O)C(=O)[C@@H]1CCCCCCCCC[C@H](NC(=O)N[C@H](CN2C(=O)C3CCC(C3)C2=O)C(C)(C)C)C(=O)N2C[C@@H]3[C@H]([C@H]2C(=O)N1)C3(C)C. The number of urea groups is 1. The zero-order valence-corrected chi connectivity index (χ0v) is 31.8. The summed E-state index contributed by atoms with van der Waals surface area (Å²) < 4.78 is 0. The van der Waals surface area contributed by atoms with Crippen molar-refractivity contribution >= 4 is 41.4 Å². The van der Waals surface area contributed by atoms with Gasteiger partial charge in [0.15, 0.2) is 0 Å². The molecule has 2 saturated carbocycles. The first-order valence-electron chi connectivity index (χ1n) is 19.5. The molecule has 0 aromatic carbocycles. The van der Waals surface area contributed by atoms with Gasteiger partial charge in [0.25, 0.3) is 5.91 Å². The van der Waals surface area contributed by atoms with Crippen LogP contribution in [-0.4, -0.2) is 95.0 Å². The lowest BCUT2D eigenvalue weighted by Gasteiger charge is -2.38. The Kier molecular flexibility index (Phi) is 12.2. The zero-order chi connectivity index (χ0) is 38.0. The molecule has 2 aliphatic carbocycles. The minimum absolute atomic E-state index is 0.0541. The smallest absolute Gasteiger partial charge is 0.315 e. The van der Waals surface area contributed by atoms with Crippen molar-refractivity contribution in [1.82, 2.24) is 31.1 Å². The molecule has 2 bridgehead atoms. The molecule has 0 radical (unpaired) electrons. The maximum absolute atomic E-state index is 14.4. The van der Waals surface area contributed by atoms with Gasteiger partial charge in [-0.25, -0.2) is 4.79 Å². The van der Waals surface area contributed by atoms with Gasteiger partial charge in [0.1, 0.15) is 12.1 Å². The first kappa shape index (κ1) is 39.4. The Labute approximate surface area is 308 Å². The van der Waals surface area contributed by atoms with Gasteiger partial charge in [-0.2, -0.15) is 0 Å². The van der Waals surface area contributed by atoms with Gasteiger partial charge in [0.05, 0.1) is 12.1 Å². The van der Waals surface area contributed by atoms with Gasteiger partial charge in [-0.3, -0.25) is 33.7 Å². The Morgan fingerprint density at radius 2 is 1.50 bits per heavy atom. The average molecular weight is 725 g/mol. The van der Waals surface area contributed by atoms with Crippen LogP contribution >= 0.6 is 0 Å². The lowest BCUT2D eigenvalue weighted by atomic mass is 9.85. The largest absolute Gasteiger partial charge is 0.346 e. The molecule has 0 aromatic rings. The number of amides is 7. The van der Waals surface area contributed by atoms with Crippen LogP contribution in [0.5, 0.6) is 0 Å². The molecule has 13 nitrogen and oxygen atoms in total. The molecule has 3 aliphatic heterocycles. The van der Waals surface area contributed by atoms with Crippen molar-refractivity contribution in [1.29, 1.82) is 0 Å². The van der Waals surface area contributed by atoms with E-state index < -0.39 is 53.2 Å². The summed E-state index contributed by atoms with van der Waals surface area (Å²) in [7, 11) is 0. The number of Topliss-reactive ketones (excluding diaryl/α,β-unsaturated/α-hetero) is 1. The second-order valence-electron chi connectivity index (χ2n) is 17.4. The van der Waals surface area contributed by atoms with Crippen molar-refractivity contribution in [3.8, 4) is 0 Å². The van der Waals surface area contributed by atoms with E-state index in [0.717, 1.165) is 32.1 Å². The Bertz CT molecular complexity index is 1420. The average Bonchev–Trinajstić information content (AvgIpc) is 3.46. The molecule has 288 valence electrons. The van der Waals surface area contributed by atoms with Crippen molar-refractivity contribution in [2.45, 2.75) is 136 Å². The lowest BCUT2D eigenvalue weighted by Crippen LogP contribution is -2.61. The van der Waals surface area contributed by atoms with Gasteiger partial charge >= 0.3 is 6.03 Å². The molecule has 3 heterocycles. The third kappa shape index (κ3) is 8.54. The van der Waals surface area contributed by atoms with Crippen LogP contribution in [0, 0.1) is 34.5 Å². The highest BCUT2D eigenvalue weighted by molar-refractivity contribution is 6.38. The first-order valence-corrected chi connectivity index (χ1v) is 19.5. The number of likely N-dealkylation sites (tertiary alicyclic amines) is 1. The molecule has 52 heavy (non-hydrogen) atoms. The van der Waals surface area contributed by atoms with Gasteiger partial charge in [-0.15, -0.1) is 6.58 Å². The third-order valence-corrected chi connectivity index (χ3v) is 12.5. The number of hydrogen-bond acceptors (Lipinski definition) is 7. The summed E-state index contributed by atoms with van der Waals surface area (Å²) in [5, 5.41) is 11.3. The maximum Gasteiger partial charge on any atom is 0.315 e. The summed E-state index contributed by atoms with van der Waals surface area (Å²) in [5.41, 5.74) is -0.704. The van der Waals surface area contributed by atoms with E-state index in [9.17, 15) is 33.6 Å². The number of imide groups is 1. The fraction of sp³-hybridized carbons (Fsp3) is 0.769. The Morgan fingerprint density at radius 3 is 2.10 bits per heavy atom. The molecule has 8 atom stereocenters. The first-order chi connectivity index (χ1) is 24.6. The summed E-state index contributed by atoms with van der Waals surface area (Å²) >= 11 is 0. The quantitative estimate of drug-likeness (QED) is 0.169. The fourth-order valence-electron chi connectivity index (χ4n) is 9.02. The van der Waals surface area contributed by atoms with Crippen LogP contribution in [0.25, 0.3) is 0 Å². The highest BCUT2D eigenvalue weighted by atomic mass is 16.2. The Morgan fingerprint density at radius 1 is 0.904 bits per heavy atom. The minimum atomic E-state index is -1.02. The van der Waals surface area contributed by atoms with Crippen LogP contribution in [0.2, 0.25) is 0 Å². The second-order valence-corrected chi connectivity index (χ2v) is 17.4. The van der Waals surface area contributed by atoms with Crippen molar-refractivity contribution in [2.75, 3.05) is 19.6 Å². The molecule has 5 rings (SSSR count). The molecule has 13 heteroatoms. The highest BCUT2D eigenvalue weighted by Crippen LogP contribution is 2.65. The number of fused-ring (bicyclic) bond motifs is 5. The van der Waals surface area contributed by atoms with Crippen molar-refractivity contribution in [3.63, 3.8) is 0 Å². The van der Waals surface area contributed by atoms with Crippen LogP contribution in [0.4, 0.5) is 4.79 Å². The number of rotatable bonds is 8. The van der Waals surface area contributed by atoms with E-state index in [2.05, 4.69) is 41.7 Å². The molecule has 3 saturated heterocycles. The number of carbonyl (C=O) groups is 7. The second kappa shape index (κ2) is 16.1. The molecular formula is C39H60N6O7. The topological polar surface area (TPSA) is 174 Å². The van der Waals surface area contributed by atoms with Crippen LogP contribution in [0.15, 0.2) is 12.7 Å². The fourth-order valence-corrected chi connectivity index (χ4v) is 9.02. The van der Waals surface area contributed by atoms with Crippen molar-refractivity contribution in [2.24, 2.45) is 34.5 Å². The predicted octanol–water partition coefficient (Wildman–Crippen LogP) is 3.22. The summed E-state index contributed by atoms with van der Waals surface area (Å²) in [4.78, 5) is 97.5. The number of piperidine rings is 2. The van der Waals surface area contributed by atoms with E-state index in [1.165, 1.54) is 11.0 Å². The lowest BCUT2D eigenvalue weighted by molar-refractivity contribution is -0.153. The van der Waals surface area contributed by atoms with Gasteiger partial charge in [0.2, 0.25) is 29.4 Å². The van der Waals surface area contributed by atoms with Gasteiger partial charge in [0, 0.05) is 31.5 Å². The van der Waals surface area contributed by atoms with E-state index in [0.29, 0.717) is 51.5 Å². The number of nitrogens with zero attached hydrogens (tertiary/aromatic N) is 2. The van der Waals surface area contributed by atoms with Crippen molar-refractivity contribution < 1.29 is 33.6 Å². The monoisotopic (exact) mass is 724 g/mol. The molecule has 2 unspecified atom stereocenters. The van der Waals surface area contributed by atoms with E-state index in [-0.39, 0.29) is 59.9 Å². The molecule has 0 aromatic heterocycles. The van der Waals surface area contributed by atoms with Crippen LogP contribution < -0.4 is 21.3 Å². The summed E-state index contributed by atoms with van der Waals surface area (Å²) in [5.74, 6) is -3.04. The van der Waals surface area contributed by atoms with E-state index in [1.807, 2.05) is 20.8 Å². The Balaban J connectivity index is 1.34.